The third-order valence-corrected chi connectivity index (χ3v) is 6.11. The Morgan fingerprint density at radius 2 is 2.10 bits per heavy atom. The SMILES string of the molecule is CC(C)(NC(=O)Cc1csc(-c2ccc(Cl)cc2C2CCNCC2)n1)C(=O)OF. The summed E-state index contributed by atoms with van der Waals surface area (Å²) in [6.45, 7) is 4.69. The number of aromatic nitrogens is 1. The number of carbonyl (C=O) groups excluding carboxylic acids is 2. The van der Waals surface area contributed by atoms with Gasteiger partial charge in [0, 0.05) is 20.5 Å². The first-order valence-corrected chi connectivity index (χ1v) is 10.6. The van der Waals surface area contributed by atoms with Crippen LogP contribution < -0.4 is 10.6 Å². The minimum atomic E-state index is -1.46. The molecule has 1 aromatic carbocycles. The number of amides is 1. The molecule has 1 aromatic heterocycles. The number of hydrogen-bond donors (Lipinski definition) is 2. The van der Waals surface area contributed by atoms with Gasteiger partial charge in [-0.25, -0.2) is 9.78 Å². The molecule has 0 saturated carbocycles. The Hall–Kier alpha value is -2.03. The summed E-state index contributed by atoms with van der Waals surface area (Å²) in [5, 5.41) is 9.16. The molecule has 1 fully saturated rings. The van der Waals surface area contributed by atoms with Crippen LogP contribution in [0, 0.1) is 0 Å². The number of nitrogens with one attached hydrogen (secondary N) is 2. The predicted molar refractivity (Wildman–Crippen MR) is 111 cm³/mol. The van der Waals surface area contributed by atoms with Crippen LogP contribution in [-0.2, 0) is 21.0 Å². The predicted octanol–water partition coefficient (Wildman–Crippen LogP) is 3.80. The monoisotopic (exact) mass is 439 g/mol. The molecular weight excluding hydrogens is 417 g/mol. The molecule has 2 aromatic rings. The first-order valence-electron chi connectivity index (χ1n) is 9.39. The molecule has 2 heterocycles. The Bertz CT molecular complexity index is 897. The van der Waals surface area contributed by atoms with E-state index in [1.807, 2.05) is 23.6 Å². The van der Waals surface area contributed by atoms with Crippen molar-refractivity contribution < 1.29 is 19.1 Å². The molecular formula is C20H23ClFN3O3S. The summed E-state index contributed by atoms with van der Waals surface area (Å²) < 4.78 is 12.1. The van der Waals surface area contributed by atoms with Gasteiger partial charge >= 0.3 is 5.97 Å². The second-order valence-corrected chi connectivity index (χ2v) is 8.91. The third kappa shape index (κ3) is 5.32. The smallest absolute Gasteiger partial charge is 0.340 e. The Morgan fingerprint density at radius 3 is 2.79 bits per heavy atom. The average Bonchev–Trinajstić information content (AvgIpc) is 3.15. The van der Waals surface area contributed by atoms with Gasteiger partial charge in [0.15, 0.2) is 0 Å². The zero-order valence-electron chi connectivity index (χ0n) is 16.3. The van der Waals surface area contributed by atoms with Gasteiger partial charge in [-0.3, -0.25) is 9.74 Å². The van der Waals surface area contributed by atoms with Gasteiger partial charge in [0.05, 0.1) is 12.1 Å². The van der Waals surface area contributed by atoms with Crippen LogP contribution in [0.3, 0.4) is 0 Å². The van der Waals surface area contributed by atoms with Gasteiger partial charge in [-0.15, -0.1) is 11.3 Å². The normalized spacial score (nSPS) is 15.2. The minimum absolute atomic E-state index is 0.0181. The zero-order valence-corrected chi connectivity index (χ0v) is 17.8. The van der Waals surface area contributed by atoms with Crippen LogP contribution >= 0.6 is 22.9 Å². The average molecular weight is 440 g/mol. The lowest BCUT2D eigenvalue weighted by Gasteiger charge is -2.25. The van der Waals surface area contributed by atoms with Crippen molar-refractivity contribution in [3.05, 3.63) is 39.9 Å². The maximum absolute atomic E-state index is 12.3. The van der Waals surface area contributed by atoms with Crippen LogP contribution in [0.2, 0.25) is 5.02 Å². The molecule has 0 aliphatic carbocycles. The van der Waals surface area contributed by atoms with Crippen molar-refractivity contribution in [1.82, 2.24) is 15.6 Å². The highest BCUT2D eigenvalue weighted by molar-refractivity contribution is 7.13. The van der Waals surface area contributed by atoms with Gasteiger partial charge in [-0.1, -0.05) is 17.7 Å². The Morgan fingerprint density at radius 1 is 1.38 bits per heavy atom. The molecule has 29 heavy (non-hydrogen) atoms. The van der Waals surface area contributed by atoms with Crippen molar-refractivity contribution in [2.75, 3.05) is 13.1 Å². The highest BCUT2D eigenvalue weighted by Crippen LogP contribution is 2.37. The van der Waals surface area contributed by atoms with Gasteiger partial charge in [0.1, 0.15) is 10.5 Å². The molecule has 0 atom stereocenters. The van der Waals surface area contributed by atoms with Gasteiger partial charge in [-0.05, 0) is 63.4 Å². The molecule has 0 unspecified atom stereocenters. The third-order valence-electron chi connectivity index (χ3n) is 4.95. The molecule has 6 nitrogen and oxygen atoms in total. The zero-order chi connectivity index (χ0) is 21.0. The summed E-state index contributed by atoms with van der Waals surface area (Å²) in [5.41, 5.74) is 1.33. The summed E-state index contributed by atoms with van der Waals surface area (Å²) in [5.74, 6) is -1.18. The number of benzene rings is 1. The number of halogens is 2. The molecule has 1 amide bonds. The number of rotatable bonds is 6. The quantitative estimate of drug-likeness (QED) is 0.715. The highest BCUT2D eigenvalue weighted by Gasteiger charge is 2.32. The van der Waals surface area contributed by atoms with Crippen molar-refractivity contribution in [1.29, 1.82) is 0 Å². The van der Waals surface area contributed by atoms with Gasteiger partial charge < -0.3 is 10.6 Å². The lowest BCUT2D eigenvalue weighted by molar-refractivity contribution is -0.191. The summed E-state index contributed by atoms with van der Waals surface area (Å²) in [4.78, 5) is 31.5. The first kappa shape index (κ1) is 21.7. The second kappa shape index (κ2) is 9.19. The Balaban J connectivity index is 1.76. The van der Waals surface area contributed by atoms with E-state index >= 15 is 0 Å². The fraction of sp³-hybridized carbons (Fsp3) is 0.450. The van der Waals surface area contributed by atoms with Crippen molar-refractivity contribution in [2.24, 2.45) is 0 Å². The van der Waals surface area contributed by atoms with Gasteiger partial charge in [0.2, 0.25) is 5.91 Å². The number of piperidine rings is 1. The van der Waals surface area contributed by atoms with E-state index in [4.69, 9.17) is 11.6 Å². The van der Waals surface area contributed by atoms with Crippen molar-refractivity contribution in [3.8, 4) is 10.6 Å². The Kier molecular flexibility index (Phi) is 6.87. The van der Waals surface area contributed by atoms with Crippen LogP contribution in [0.4, 0.5) is 4.53 Å². The van der Waals surface area contributed by atoms with E-state index in [9.17, 15) is 14.1 Å². The maximum Gasteiger partial charge on any atom is 0.373 e. The van der Waals surface area contributed by atoms with E-state index in [1.165, 1.54) is 30.7 Å². The summed E-state index contributed by atoms with van der Waals surface area (Å²) in [7, 11) is 0. The van der Waals surface area contributed by atoms with Crippen molar-refractivity contribution >= 4 is 34.8 Å². The van der Waals surface area contributed by atoms with E-state index < -0.39 is 17.4 Å². The fourth-order valence-corrected chi connectivity index (χ4v) is 4.46. The summed E-state index contributed by atoms with van der Waals surface area (Å²) >= 11 is 7.70. The van der Waals surface area contributed by atoms with Crippen molar-refractivity contribution in [2.45, 2.75) is 44.6 Å². The standard InChI is InChI=1S/C20H23ClFN3O3S/c1-20(2,19(27)28-22)25-17(26)10-14-11-29-18(24-14)15-4-3-13(21)9-16(15)12-5-7-23-8-6-12/h3-4,9,11-12,23H,5-8,10H2,1-2H3,(H,25,26). The van der Waals surface area contributed by atoms with Crippen molar-refractivity contribution in [3.63, 3.8) is 0 Å². The lowest BCUT2D eigenvalue weighted by atomic mass is 9.87. The Labute approximate surface area is 177 Å². The number of hydrogen-bond acceptors (Lipinski definition) is 6. The summed E-state index contributed by atoms with van der Waals surface area (Å²) in [6, 6.07) is 5.83. The largest absolute Gasteiger partial charge is 0.373 e. The molecule has 156 valence electrons. The van der Waals surface area contributed by atoms with Gasteiger partial charge in [0.25, 0.3) is 0 Å². The van der Waals surface area contributed by atoms with E-state index in [1.54, 1.807) is 0 Å². The number of nitrogens with zero attached hydrogens (tertiary/aromatic N) is 1. The molecule has 9 heteroatoms. The molecule has 1 saturated heterocycles. The molecule has 0 bridgehead atoms. The van der Waals surface area contributed by atoms with Crippen LogP contribution in [0.15, 0.2) is 23.6 Å². The number of thiazole rings is 1. The molecule has 1 aliphatic heterocycles. The number of carbonyl (C=O) groups is 2. The maximum atomic E-state index is 12.3. The van der Waals surface area contributed by atoms with E-state index in [0.29, 0.717) is 16.6 Å². The highest BCUT2D eigenvalue weighted by atomic mass is 35.5. The van der Waals surface area contributed by atoms with E-state index in [-0.39, 0.29) is 6.42 Å². The van der Waals surface area contributed by atoms with E-state index in [0.717, 1.165) is 36.5 Å². The molecule has 0 radical (unpaired) electrons. The molecule has 1 aliphatic rings. The van der Waals surface area contributed by atoms with Crippen LogP contribution in [-0.4, -0.2) is 35.5 Å². The molecule has 0 spiro atoms. The lowest BCUT2D eigenvalue weighted by Crippen LogP contribution is -2.50. The van der Waals surface area contributed by atoms with Crippen LogP contribution in [0.5, 0.6) is 0 Å². The molecule has 2 N–H and O–H groups in total. The fourth-order valence-electron chi connectivity index (χ4n) is 3.42. The van der Waals surface area contributed by atoms with E-state index in [2.05, 4.69) is 20.6 Å². The van der Waals surface area contributed by atoms with Gasteiger partial charge in [-0.2, -0.15) is 0 Å². The molecule has 3 rings (SSSR count). The first-order chi connectivity index (χ1) is 13.8. The van der Waals surface area contributed by atoms with Crippen LogP contribution in [0.25, 0.3) is 10.6 Å². The minimum Gasteiger partial charge on any atom is -0.340 e. The second-order valence-electron chi connectivity index (χ2n) is 7.61. The van der Waals surface area contributed by atoms with Crippen LogP contribution in [0.1, 0.15) is 43.9 Å². The topological polar surface area (TPSA) is 80.3 Å². The summed E-state index contributed by atoms with van der Waals surface area (Å²) in [6.07, 6.45) is 2.05.